The van der Waals surface area contributed by atoms with Crippen molar-refractivity contribution in [3.8, 4) is 11.5 Å². The summed E-state index contributed by atoms with van der Waals surface area (Å²) in [6, 6.07) is 23.1. The minimum absolute atomic E-state index is 0.0106. The Morgan fingerprint density at radius 1 is 0.893 bits per heavy atom. The minimum Gasteiger partial charge on any atom is -0.494 e. The Labute approximate surface area is 165 Å². The first-order chi connectivity index (χ1) is 13.8. The number of benzene rings is 2. The van der Waals surface area contributed by atoms with Crippen molar-refractivity contribution in [3.63, 3.8) is 0 Å². The van der Waals surface area contributed by atoms with Crippen molar-refractivity contribution in [3.05, 3.63) is 90.3 Å². The highest BCUT2D eigenvalue weighted by Crippen LogP contribution is 2.15. The summed E-state index contributed by atoms with van der Waals surface area (Å²) >= 11 is 0. The Morgan fingerprint density at radius 2 is 1.71 bits per heavy atom. The van der Waals surface area contributed by atoms with E-state index in [2.05, 4.69) is 10.3 Å². The van der Waals surface area contributed by atoms with Crippen LogP contribution < -0.4 is 14.8 Å². The van der Waals surface area contributed by atoms with Gasteiger partial charge in [-0.1, -0.05) is 36.4 Å². The number of carbonyl (C=O) groups is 1. The molecule has 0 aliphatic heterocycles. The lowest BCUT2D eigenvalue weighted by molar-refractivity contribution is -0.121. The lowest BCUT2D eigenvalue weighted by Crippen LogP contribution is -2.23. The van der Waals surface area contributed by atoms with E-state index in [1.165, 1.54) is 0 Å². The van der Waals surface area contributed by atoms with Gasteiger partial charge in [-0.2, -0.15) is 0 Å². The quantitative estimate of drug-likeness (QED) is 0.540. The van der Waals surface area contributed by atoms with Gasteiger partial charge in [-0.05, 0) is 48.4 Å². The van der Waals surface area contributed by atoms with E-state index < -0.39 is 0 Å². The normalized spacial score (nSPS) is 10.3. The Kier molecular flexibility index (Phi) is 7.44. The van der Waals surface area contributed by atoms with Crippen LogP contribution in [-0.2, 0) is 17.9 Å². The second-order valence-electron chi connectivity index (χ2n) is 6.30. The molecular formula is C23H24N2O3. The minimum atomic E-state index is 0.0106. The molecule has 0 radical (unpaired) electrons. The van der Waals surface area contributed by atoms with E-state index >= 15 is 0 Å². The standard InChI is InChI=1S/C23H24N2O3/c26-23(13-7-15-27-21-10-2-1-3-11-21)25-17-19-8-6-12-22(16-19)28-18-20-9-4-5-14-24-20/h1-6,8-12,14,16H,7,13,15,17-18H2,(H,25,26). The van der Waals surface area contributed by atoms with Crippen molar-refractivity contribution in [2.75, 3.05) is 6.61 Å². The van der Waals surface area contributed by atoms with Crippen molar-refractivity contribution in [1.29, 1.82) is 0 Å². The van der Waals surface area contributed by atoms with Crippen molar-refractivity contribution in [2.24, 2.45) is 0 Å². The first-order valence-corrected chi connectivity index (χ1v) is 9.36. The summed E-state index contributed by atoms with van der Waals surface area (Å²) in [5, 5.41) is 2.94. The van der Waals surface area contributed by atoms with Gasteiger partial charge < -0.3 is 14.8 Å². The number of ether oxygens (including phenoxy) is 2. The van der Waals surface area contributed by atoms with Crippen LogP contribution in [0, 0.1) is 0 Å². The number of para-hydroxylation sites is 1. The topological polar surface area (TPSA) is 60.5 Å². The number of pyridine rings is 1. The van der Waals surface area contributed by atoms with E-state index in [1.807, 2.05) is 72.8 Å². The van der Waals surface area contributed by atoms with E-state index in [9.17, 15) is 4.79 Å². The molecule has 5 nitrogen and oxygen atoms in total. The molecule has 2 aromatic carbocycles. The van der Waals surface area contributed by atoms with Crippen LogP contribution in [0.5, 0.6) is 11.5 Å². The number of hydrogen-bond donors (Lipinski definition) is 1. The maximum absolute atomic E-state index is 12.0. The van der Waals surface area contributed by atoms with Gasteiger partial charge in [0.2, 0.25) is 5.91 Å². The number of aromatic nitrogens is 1. The molecule has 0 aliphatic carbocycles. The van der Waals surface area contributed by atoms with Crippen LogP contribution in [0.3, 0.4) is 0 Å². The van der Waals surface area contributed by atoms with Crippen LogP contribution in [0.25, 0.3) is 0 Å². The second kappa shape index (κ2) is 10.7. The van der Waals surface area contributed by atoms with Crippen molar-refractivity contribution >= 4 is 5.91 Å². The fourth-order valence-electron chi connectivity index (χ4n) is 2.61. The number of nitrogens with zero attached hydrogens (tertiary/aromatic N) is 1. The molecule has 1 heterocycles. The molecule has 3 aromatic rings. The average molecular weight is 376 g/mol. The van der Waals surface area contributed by atoms with E-state index in [0.717, 1.165) is 22.8 Å². The second-order valence-corrected chi connectivity index (χ2v) is 6.30. The number of rotatable bonds is 10. The third kappa shape index (κ3) is 6.76. The summed E-state index contributed by atoms with van der Waals surface area (Å²) < 4.78 is 11.4. The van der Waals surface area contributed by atoms with Crippen LogP contribution in [0.15, 0.2) is 79.0 Å². The molecule has 28 heavy (non-hydrogen) atoms. The van der Waals surface area contributed by atoms with Crippen LogP contribution in [0.1, 0.15) is 24.1 Å². The highest BCUT2D eigenvalue weighted by Gasteiger charge is 2.03. The summed E-state index contributed by atoms with van der Waals surface area (Å²) in [7, 11) is 0. The van der Waals surface area contributed by atoms with Gasteiger partial charge in [0, 0.05) is 19.2 Å². The molecule has 144 valence electrons. The van der Waals surface area contributed by atoms with Crippen molar-refractivity contribution in [1.82, 2.24) is 10.3 Å². The van der Waals surface area contributed by atoms with E-state index in [1.54, 1.807) is 6.20 Å². The van der Waals surface area contributed by atoms with Gasteiger partial charge >= 0.3 is 0 Å². The van der Waals surface area contributed by atoms with E-state index in [4.69, 9.17) is 9.47 Å². The van der Waals surface area contributed by atoms with Crippen LogP contribution in [0.2, 0.25) is 0 Å². The van der Waals surface area contributed by atoms with Gasteiger partial charge in [-0.25, -0.2) is 0 Å². The fourth-order valence-corrected chi connectivity index (χ4v) is 2.61. The summed E-state index contributed by atoms with van der Waals surface area (Å²) in [6.45, 7) is 1.41. The SMILES string of the molecule is O=C(CCCOc1ccccc1)NCc1cccc(OCc2ccccn2)c1. The molecule has 0 saturated heterocycles. The molecule has 0 aliphatic rings. The molecule has 3 rings (SSSR count). The predicted octanol–water partition coefficient (Wildman–Crippen LogP) is 4.14. The fraction of sp³-hybridized carbons (Fsp3) is 0.217. The lowest BCUT2D eigenvalue weighted by atomic mass is 10.2. The highest BCUT2D eigenvalue weighted by atomic mass is 16.5. The summed E-state index contributed by atoms with van der Waals surface area (Å²) in [4.78, 5) is 16.3. The Morgan fingerprint density at radius 3 is 2.54 bits per heavy atom. The maximum Gasteiger partial charge on any atom is 0.220 e. The number of carbonyl (C=O) groups excluding carboxylic acids is 1. The van der Waals surface area contributed by atoms with Crippen molar-refractivity contribution < 1.29 is 14.3 Å². The van der Waals surface area contributed by atoms with Crippen LogP contribution >= 0.6 is 0 Å². The van der Waals surface area contributed by atoms with Gasteiger partial charge in [-0.3, -0.25) is 9.78 Å². The zero-order valence-electron chi connectivity index (χ0n) is 15.7. The van der Waals surface area contributed by atoms with Gasteiger partial charge in [0.05, 0.1) is 12.3 Å². The lowest BCUT2D eigenvalue weighted by Gasteiger charge is -2.09. The molecule has 1 aromatic heterocycles. The first kappa shape index (κ1) is 19.4. The molecular weight excluding hydrogens is 352 g/mol. The Hall–Kier alpha value is -3.34. The molecule has 0 spiro atoms. The zero-order chi connectivity index (χ0) is 19.4. The molecule has 0 bridgehead atoms. The number of hydrogen-bond acceptors (Lipinski definition) is 4. The van der Waals surface area contributed by atoms with E-state index in [0.29, 0.717) is 32.6 Å². The predicted molar refractivity (Wildman–Crippen MR) is 108 cm³/mol. The first-order valence-electron chi connectivity index (χ1n) is 9.36. The third-order valence-electron chi connectivity index (χ3n) is 4.06. The Bertz CT molecular complexity index is 854. The zero-order valence-corrected chi connectivity index (χ0v) is 15.7. The summed E-state index contributed by atoms with van der Waals surface area (Å²) in [5.74, 6) is 1.59. The van der Waals surface area contributed by atoms with Gasteiger partial charge in [0.25, 0.3) is 0 Å². The molecule has 1 amide bonds. The third-order valence-corrected chi connectivity index (χ3v) is 4.06. The molecule has 0 saturated carbocycles. The Balaban J connectivity index is 1.36. The summed E-state index contributed by atoms with van der Waals surface area (Å²) in [6.07, 6.45) is 2.85. The molecule has 0 unspecified atom stereocenters. The maximum atomic E-state index is 12.0. The van der Waals surface area contributed by atoms with Crippen molar-refractivity contribution in [2.45, 2.75) is 26.0 Å². The van der Waals surface area contributed by atoms with Gasteiger partial charge in [0.1, 0.15) is 18.1 Å². The monoisotopic (exact) mass is 376 g/mol. The smallest absolute Gasteiger partial charge is 0.220 e. The molecule has 5 heteroatoms. The van der Waals surface area contributed by atoms with Gasteiger partial charge in [0.15, 0.2) is 0 Å². The van der Waals surface area contributed by atoms with Gasteiger partial charge in [-0.15, -0.1) is 0 Å². The average Bonchev–Trinajstić information content (AvgIpc) is 2.76. The molecule has 1 N–H and O–H groups in total. The molecule has 0 fully saturated rings. The summed E-state index contributed by atoms with van der Waals surface area (Å²) in [5.41, 5.74) is 1.87. The molecule has 0 atom stereocenters. The van der Waals surface area contributed by atoms with Crippen LogP contribution in [-0.4, -0.2) is 17.5 Å². The van der Waals surface area contributed by atoms with E-state index in [-0.39, 0.29) is 5.91 Å². The highest BCUT2D eigenvalue weighted by molar-refractivity contribution is 5.75. The largest absolute Gasteiger partial charge is 0.494 e. The number of nitrogens with one attached hydrogen (secondary N) is 1. The van der Waals surface area contributed by atoms with Crippen LogP contribution in [0.4, 0.5) is 0 Å². The number of amides is 1.